The van der Waals surface area contributed by atoms with Crippen LogP contribution in [0.25, 0.3) is 0 Å². The van der Waals surface area contributed by atoms with E-state index in [1.165, 1.54) is 0 Å². The van der Waals surface area contributed by atoms with Gasteiger partial charge in [0.2, 0.25) is 0 Å². The Bertz CT molecular complexity index is 481. The number of aromatic nitrogens is 1. The predicted octanol–water partition coefficient (Wildman–Crippen LogP) is 0.719. The van der Waals surface area contributed by atoms with Crippen LogP contribution in [-0.4, -0.2) is 24.5 Å². The van der Waals surface area contributed by atoms with E-state index in [2.05, 4.69) is 0 Å². The first kappa shape index (κ1) is 9.28. The highest BCUT2D eigenvalue weighted by molar-refractivity contribution is 7.91. The van der Waals surface area contributed by atoms with E-state index < -0.39 is 9.84 Å². The molecule has 1 aromatic rings. The molecule has 1 saturated heterocycles. The third-order valence-electron chi connectivity index (χ3n) is 2.50. The summed E-state index contributed by atoms with van der Waals surface area (Å²) in [5.74, 6) is 0.400. The lowest BCUT2D eigenvalue weighted by molar-refractivity contribution is 0.553. The minimum Gasteiger partial charge on any atom is -0.335 e. The van der Waals surface area contributed by atoms with Crippen molar-refractivity contribution < 1.29 is 8.42 Å². The average Bonchev–Trinajstić information content (AvgIpc) is 2.70. The topological polar surface area (TPSA) is 62.9 Å². The van der Waals surface area contributed by atoms with Crippen LogP contribution in [0.3, 0.4) is 0 Å². The van der Waals surface area contributed by atoms with Gasteiger partial charge in [-0.1, -0.05) is 0 Å². The largest absolute Gasteiger partial charge is 0.335 e. The van der Waals surface area contributed by atoms with E-state index in [0.29, 0.717) is 12.1 Å². The van der Waals surface area contributed by atoms with Gasteiger partial charge in [0.15, 0.2) is 9.84 Å². The number of nitrogens with zero attached hydrogens (tertiary/aromatic N) is 2. The maximum Gasteiger partial charge on any atom is 0.152 e. The van der Waals surface area contributed by atoms with Crippen LogP contribution in [0.4, 0.5) is 0 Å². The van der Waals surface area contributed by atoms with Gasteiger partial charge in [-0.05, 0) is 18.6 Å². The highest BCUT2D eigenvalue weighted by Crippen LogP contribution is 2.24. The van der Waals surface area contributed by atoms with E-state index in [-0.39, 0.29) is 17.5 Å². The highest BCUT2D eigenvalue weighted by atomic mass is 32.2. The maximum atomic E-state index is 11.2. The molecule has 0 saturated carbocycles. The molecule has 1 atom stereocenters. The number of rotatable bonds is 1. The summed E-state index contributed by atoms with van der Waals surface area (Å²) in [4.78, 5) is 0. The summed E-state index contributed by atoms with van der Waals surface area (Å²) in [6.45, 7) is 0. The Morgan fingerprint density at radius 2 is 2.36 bits per heavy atom. The minimum absolute atomic E-state index is 0.0513. The van der Waals surface area contributed by atoms with Crippen LogP contribution in [-0.2, 0) is 9.84 Å². The lowest BCUT2D eigenvalue weighted by Gasteiger charge is -2.10. The van der Waals surface area contributed by atoms with E-state index in [1.54, 1.807) is 22.9 Å². The second-order valence-corrected chi connectivity index (χ2v) is 5.70. The van der Waals surface area contributed by atoms with Gasteiger partial charge < -0.3 is 4.57 Å². The van der Waals surface area contributed by atoms with Gasteiger partial charge in [0, 0.05) is 12.2 Å². The molecule has 74 valence electrons. The Balaban J connectivity index is 2.31. The van der Waals surface area contributed by atoms with Crippen molar-refractivity contribution in [3.05, 3.63) is 24.0 Å². The van der Waals surface area contributed by atoms with Crippen LogP contribution < -0.4 is 0 Å². The second-order valence-electron chi connectivity index (χ2n) is 3.47. The van der Waals surface area contributed by atoms with Crippen molar-refractivity contribution in [1.82, 2.24) is 4.57 Å². The van der Waals surface area contributed by atoms with Crippen LogP contribution >= 0.6 is 0 Å². The van der Waals surface area contributed by atoms with Crippen molar-refractivity contribution in [1.29, 1.82) is 5.26 Å². The fourth-order valence-electron chi connectivity index (χ4n) is 1.80. The first-order valence-corrected chi connectivity index (χ1v) is 6.22. The molecular weight excluding hydrogens is 200 g/mol. The summed E-state index contributed by atoms with van der Waals surface area (Å²) in [5.41, 5.74) is 0.534. The molecular formula is C9H10N2O2S. The van der Waals surface area contributed by atoms with Crippen LogP contribution in [0.15, 0.2) is 18.3 Å². The van der Waals surface area contributed by atoms with Crippen LogP contribution in [0.2, 0.25) is 0 Å². The van der Waals surface area contributed by atoms with Crippen LogP contribution in [0.5, 0.6) is 0 Å². The molecule has 1 fully saturated rings. The van der Waals surface area contributed by atoms with Crippen molar-refractivity contribution in [2.24, 2.45) is 0 Å². The molecule has 0 amide bonds. The molecule has 0 radical (unpaired) electrons. The van der Waals surface area contributed by atoms with Crippen molar-refractivity contribution in [3.8, 4) is 6.07 Å². The number of nitriles is 1. The van der Waals surface area contributed by atoms with Gasteiger partial charge in [0.25, 0.3) is 0 Å². The summed E-state index contributed by atoms with van der Waals surface area (Å²) < 4.78 is 24.2. The van der Waals surface area contributed by atoms with Crippen LogP contribution in [0, 0.1) is 11.3 Å². The predicted molar refractivity (Wildman–Crippen MR) is 51.5 cm³/mol. The zero-order valence-electron chi connectivity index (χ0n) is 7.55. The third kappa shape index (κ3) is 1.53. The molecule has 0 N–H and O–H groups in total. The molecule has 1 aromatic heterocycles. The summed E-state index contributed by atoms with van der Waals surface area (Å²) >= 11 is 0. The quantitative estimate of drug-likeness (QED) is 0.686. The molecule has 0 bridgehead atoms. The third-order valence-corrected chi connectivity index (χ3v) is 4.25. The Morgan fingerprint density at radius 1 is 1.57 bits per heavy atom. The lowest BCUT2D eigenvalue weighted by atomic mass is 10.2. The van der Waals surface area contributed by atoms with Crippen LogP contribution in [0.1, 0.15) is 18.2 Å². The van der Waals surface area contributed by atoms with Gasteiger partial charge in [-0.2, -0.15) is 5.26 Å². The average molecular weight is 210 g/mol. The standard InChI is InChI=1S/C9H10N2O2S/c10-6-8-2-1-4-11(8)9-3-5-14(12,13)7-9/h1-2,4,9H,3,5,7H2. The van der Waals surface area contributed by atoms with Gasteiger partial charge in [0.1, 0.15) is 11.8 Å². The van der Waals surface area contributed by atoms with Crippen molar-refractivity contribution in [2.45, 2.75) is 12.5 Å². The SMILES string of the molecule is N#Cc1cccn1C1CCS(=O)(=O)C1. The second kappa shape index (κ2) is 3.14. The van der Waals surface area contributed by atoms with Crippen molar-refractivity contribution in [2.75, 3.05) is 11.5 Å². The summed E-state index contributed by atoms with van der Waals surface area (Å²) in [6.07, 6.45) is 2.38. The Morgan fingerprint density at radius 3 is 2.93 bits per heavy atom. The van der Waals surface area contributed by atoms with Gasteiger partial charge in [-0.3, -0.25) is 0 Å². The van der Waals surface area contributed by atoms with Gasteiger partial charge in [-0.25, -0.2) is 8.42 Å². The monoisotopic (exact) mass is 210 g/mol. The Kier molecular flexibility index (Phi) is 2.08. The van der Waals surface area contributed by atoms with Crippen molar-refractivity contribution in [3.63, 3.8) is 0 Å². The molecule has 1 unspecified atom stereocenters. The molecule has 4 nitrogen and oxygen atoms in total. The highest BCUT2D eigenvalue weighted by Gasteiger charge is 2.29. The number of sulfone groups is 1. The number of hydrogen-bond donors (Lipinski definition) is 0. The van der Waals surface area contributed by atoms with E-state index in [9.17, 15) is 8.42 Å². The first-order chi connectivity index (χ1) is 6.62. The fraction of sp³-hybridized carbons (Fsp3) is 0.444. The molecule has 0 aromatic carbocycles. The van der Waals surface area contributed by atoms with E-state index in [4.69, 9.17) is 5.26 Å². The normalized spacial score (nSPS) is 24.6. The Hall–Kier alpha value is -1.28. The molecule has 2 heterocycles. The molecule has 5 heteroatoms. The summed E-state index contributed by atoms with van der Waals surface area (Å²) in [6, 6.07) is 5.46. The maximum absolute atomic E-state index is 11.2. The molecule has 2 rings (SSSR count). The van der Waals surface area contributed by atoms with Crippen molar-refractivity contribution >= 4 is 9.84 Å². The smallest absolute Gasteiger partial charge is 0.152 e. The number of hydrogen-bond acceptors (Lipinski definition) is 3. The first-order valence-electron chi connectivity index (χ1n) is 4.40. The lowest BCUT2D eigenvalue weighted by Crippen LogP contribution is -2.11. The van der Waals surface area contributed by atoms with Gasteiger partial charge in [-0.15, -0.1) is 0 Å². The molecule has 1 aliphatic rings. The van der Waals surface area contributed by atoms with E-state index in [1.807, 2.05) is 6.07 Å². The zero-order valence-corrected chi connectivity index (χ0v) is 8.37. The van der Waals surface area contributed by atoms with E-state index in [0.717, 1.165) is 0 Å². The molecule has 0 aliphatic carbocycles. The summed E-state index contributed by atoms with van der Waals surface area (Å²) in [7, 11) is -2.88. The van der Waals surface area contributed by atoms with Gasteiger partial charge >= 0.3 is 0 Å². The van der Waals surface area contributed by atoms with E-state index >= 15 is 0 Å². The zero-order chi connectivity index (χ0) is 10.2. The molecule has 0 spiro atoms. The minimum atomic E-state index is -2.88. The van der Waals surface area contributed by atoms with Gasteiger partial charge in [0.05, 0.1) is 11.5 Å². The summed E-state index contributed by atoms with van der Waals surface area (Å²) in [5, 5.41) is 8.78. The molecule has 14 heavy (non-hydrogen) atoms. The Labute approximate surface area is 82.7 Å². The fourth-order valence-corrected chi connectivity index (χ4v) is 3.51. The molecule has 1 aliphatic heterocycles.